The molecule has 104 valence electrons. The molecule has 0 aliphatic heterocycles. The Hall–Kier alpha value is -1.37. The van der Waals surface area contributed by atoms with Crippen molar-refractivity contribution in [3.63, 3.8) is 0 Å². The van der Waals surface area contributed by atoms with E-state index in [0.29, 0.717) is 6.04 Å². The van der Waals surface area contributed by atoms with Crippen molar-refractivity contribution in [2.45, 2.75) is 33.2 Å². The largest absolute Gasteiger partial charge is 0.310 e. The van der Waals surface area contributed by atoms with Crippen LogP contribution in [0, 0.1) is 11.3 Å². The molecule has 1 rings (SSSR count). The van der Waals surface area contributed by atoms with Gasteiger partial charge in [0.2, 0.25) is 0 Å². The van der Waals surface area contributed by atoms with Crippen molar-refractivity contribution in [1.29, 1.82) is 5.26 Å². The normalized spacial score (nSPS) is 12.4. The number of nitrogens with zero attached hydrogens (tertiary/aromatic N) is 2. The first-order valence-corrected chi connectivity index (χ1v) is 7.17. The van der Waals surface area contributed by atoms with E-state index in [1.165, 1.54) is 12.0 Å². The summed E-state index contributed by atoms with van der Waals surface area (Å²) in [6, 6.07) is 10.3. The fraction of sp³-hybridized carbons (Fsp3) is 0.562. The summed E-state index contributed by atoms with van der Waals surface area (Å²) in [6.07, 6.45) is 1.17. The summed E-state index contributed by atoms with van der Waals surface area (Å²) in [6.45, 7) is 11.0. The molecule has 1 aromatic carbocycles. The van der Waals surface area contributed by atoms with Crippen molar-refractivity contribution in [2.24, 2.45) is 0 Å². The second kappa shape index (κ2) is 8.68. The lowest BCUT2D eigenvalue weighted by Crippen LogP contribution is -2.28. The third-order valence-electron chi connectivity index (χ3n) is 3.54. The average Bonchev–Trinajstić information content (AvgIpc) is 2.47. The number of benzene rings is 1. The van der Waals surface area contributed by atoms with Gasteiger partial charge in [0.15, 0.2) is 0 Å². The fourth-order valence-electron chi connectivity index (χ4n) is 2.13. The van der Waals surface area contributed by atoms with Gasteiger partial charge in [-0.1, -0.05) is 26.0 Å². The molecule has 0 saturated heterocycles. The summed E-state index contributed by atoms with van der Waals surface area (Å²) in [5.41, 5.74) is 1.96. The van der Waals surface area contributed by atoms with Crippen LogP contribution in [0.15, 0.2) is 24.3 Å². The lowest BCUT2D eigenvalue weighted by molar-refractivity contribution is 0.296. The van der Waals surface area contributed by atoms with E-state index >= 15 is 0 Å². The van der Waals surface area contributed by atoms with Crippen LogP contribution in [0.4, 0.5) is 0 Å². The minimum Gasteiger partial charge on any atom is -0.310 e. The maximum atomic E-state index is 8.77. The van der Waals surface area contributed by atoms with Gasteiger partial charge in [-0.2, -0.15) is 5.26 Å². The first kappa shape index (κ1) is 15.7. The molecule has 1 atom stereocenters. The van der Waals surface area contributed by atoms with Crippen molar-refractivity contribution < 1.29 is 0 Å². The number of hydrogen-bond donors (Lipinski definition) is 1. The molecule has 0 spiro atoms. The minimum atomic E-state index is 0.337. The number of hydrogen-bond acceptors (Lipinski definition) is 3. The predicted octanol–water partition coefficient (Wildman–Crippen LogP) is 2.94. The van der Waals surface area contributed by atoms with Gasteiger partial charge in [-0.15, -0.1) is 0 Å². The molecular weight excluding hydrogens is 234 g/mol. The highest BCUT2D eigenvalue weighted by Crippen LogP contribution is 2.12. The smallest absolute Gasteiger partial charge is 0.0991 e. The Morgan fingerprint density at radius 1 is 1.21 bits per heavy atom. The van der Waals surface area contributed by atoms with E-state index in [9.17, 15) is 0 Å². The second-order valence-corrected chi connectivity index (χ2v) is 4.79. The third kappa shape index (κ3) is 5.42. The monoisotopic (exact) mass is 259 g/mol. The quantitative estimate of drug-likeness (QED) is 0.730. The van der Waals surface area contributed by atoms with E-state index in [0.717, 1.165) is 31.7 Å². The Bertz CT molecular complexity index is 387. The van der Waals surface area contributed by atoms with Crippen molar-refractivity contribution in [3.8, 4) is 6.07 Å². The summed E-state index contributed by atoms with van der Waals surface area (Å²) in [5.74, 6) is 0. The average molecular weight is 259 g/mol. The van der Waals surface area contributed by atoms with Gasteiger partial charge in [-0.3, -0.25) is 0 Å². The van der Waals surface area contributed by atoms with E-state index in [1.54, 1.807) is 0 Å². The second-order valence-electron chi connectivity index (χ2n) is 4.79. The number of nitrogens with one attached hydrogen (secondary N) is 1. The topological polar surface area (TPSA) is 39.1 Å². The molecule has 1 N–H and O–H groups in total. The Morgan fingerprint density at radius 3 is 2.37 bits per heavy atom. The Morgan fingerprint density at radius 2 is 1.84 bits per heavy atom. The highest BCUT2D eigenvalue weighted by Gasteiger charge is 2.05. The van der Waals surface area contributed by atoms with Gasteiger partial charge in [0.1, 0.15) is 0 Å². The van der Waals surface area contributed by atoms with Crippen molar-refractivity contribution in [2.75, 3.05) is 26.2 Å². The van der Waals surface area contributed by atoms with Crippen LogP contribution in [0.25, 0.3) is 0 Å². The summed E-state index contributed by atoms with van der Waals surface area (Å²) >= 11 is 0. The molecule has 1 aromatic rings. The lowest BCUT2D eigenvalue weighted by atomic mass is 10.1. The zero-order valence-electron chi connectivity index (χ0n) is 12.3. The molecule has 0 heterocycles. The van der Waals surface area contributed by atoms with Gasteiger partial charge < -0.3 is 10.2 Å². The molecule has 0 aliphatic rings. The van der Waals surface area contributed by atoms with E-state index in [2.05, 4.69) is 37.1 Å². The summed E-state index contributed by atoms with van der Waals surface area (Å²) in [5, 5.41) is 12.3. The van der Waals surface area contributed by atoms with Crippen LogP contribution in [-0.4, -0.2) is 31.1 Å². The molecule has 1 unspecified atom stereocenters. The molecule has 0 radical (unpaired) electrons. The van der Waals surface area contributed by atoms with E-state index in [-0.39, 0.29) is 0 Å². The molecule has 0 bridgehead atoms. The maximum absolute atomic E-state index is 8.77. The van der Waals surface area contributed by atoms with Crippen LogP contribution in [0.5, 0.6) is 0 Å². The molecule has 3 heteroatoms. The SMILES string of the molecule is CCN(CC)CCCNC(C)c1ccc(C#N)cc1. The summed E-state index contributed by atoms with van der Waals surface area (Å²) in [4.78, 5) is 2.44. The van der Waals surface area contributed by atoms with Crippen LogP contribution in [-0.2, 0) is 0 Å². The predicted molar refractivity (Wildman–Crippen MR) is 80.0 cm³/mol. The van der Waals surface area contributed by atoms with Crippen LogP contribution in [0.3, 0.4) is 0 Å². The zero-order chi connectivity index (χ0) is 14.1. The zero-order valence-corrected chi connectivity index (χ0v) is 12.3. The lowest BCUT2D eigenvalue weighted by Gasteiger charge is -2.19. The molecule has 0 fully saturated rings. The standard InChI is InChI=1S/C16H25N3/c1-4-19(5-2)12-6-11-18-14(3)16-9-7-15(13-17)8-10-16/h7-10,14,18H,4-6,11-12H2,1-3H3. The number of nitriles is 1. The van der Waals surface area contributed by atoms with Gasteiger partial charge in [0, 0.05) is 6.04 Å². The van der Waals surface area contributed by atoms with E-state index in [4.69, 9.17) is 5.26 Å². The van der Waals surface area contributed by atoms with Gasteiger partial charge >= 0.3 is 0 Å². The van der Waals surface area contributed by atoms with Crippen LogP contribution in [0.1, 0.15) is 44.4 Å². The van der Waals surface area contributed by atoms with E-state index in [1.807, 2.05) is 24.3 Å². The third-order valence-corrected chi connectivity index (χ3v) is 3.54. The van der Waals surface area contributed by atoms with Gasteiger partial charge in [0.25, 0.3) is 0 Å². The van der Waals surface area contributed by atoms with Crippen LogP contribution < -0.4 is 5.32 Å². The molecular formula is C16H25N3. The fourth-order valence-corrected chi connectivity index (χ4v) is 2.13. The number of rotatable bonds is 8. The highest BCUT2D eigenvalue weighted by atomic mass is 15.1. The maximum Gasteiger partial charge on any atom is 0.0991 e. The Kier molecular flexibility index (Phi) is 7.17. The van der Waals surface area contributed by atoms with Crippen molar-refractivity contribution in [1.82, 2.24) is 10.2 Å². The van der Waals surface area contributed by atoms with Crippen molar-refractivity contribution >= 4 is 0 Å². The Labute approximate surface area is 117 Å². The first-order valence-electron chi connectivity index (χ1n) is 7.17. The summed E-state index contributed by atoms with van der Waals surface area (Å²) in [7, 11) is 0. The molecule has 0 aliphatic carbocycles. The molecule has 0 amide bonds. The van der Waals surface area contributed by atoms with Crippen LogP contribution >= 0.6 is 0 Å². The van der Waals surface area contributed by atoms with Gasteiger partial charge in [0.05, 0.1) is 11.6 Å². The van der Waals surface area contributed by atoms with Crippen LogP contribution in [0.2, 0.25) is 0 Å². The molecule has 19 heavy (non-hydrogen) atoms. The molecule has 0 aromatic heterocycles. The minimum absolute atomic E-state index is 0.337. The van der Waals surface area contributed by atoms with E-state index < -0.39 is 0 Å². The molecule has 3 nitrogen and oxygen atoms in total. The van der Waals surface area contributed by atoms with Gasteiger partial charge in [-0.05, 0) is 57.2 Å². The Balaban J connectivity index is 2.30. The first-order chi connectivity index (χ1) is 9.21. The molecule has 0 saturated carbocycles. The van der Waals surface area contributed by atoms with Crippen molar-refractivity contribution in [3.05, 3.63) is 35.4 Å². The van der Waals surface area contributed by atoms with Gasteiger partial charge in [-0.25, -0.2) is 0 Å². The highest BCUT2D eigenvalue weighted by molar-refractivity contribution is 5.32. The summed E-state index contributed by atoms with van der Waals surface area (Å²) < 4.78 is 0.